The van der Waals surface area contributed by atoms with Crippen LogP contribution < -0.4 is 10.6 Å². The summed E-state index contributed by atoms with van der Waals surface area (Å²) in [6.07, 6.45) is 5.56. The number of imidazole rings is 1. The second-order valence-corrected chi connectivity index (χ2v) is 7.06. The molecule has 30 heavy (non-hydrogen) atoms. The minimum absolute atomic E-state index is 0.0839. The van der Waals surface area contributed by atoms with Gasteiger partial charge in [-0.2, -0.15) is 0 Å². The van der Waals surface area contributed by atoms with Crippen LogP contribution in [-0.2, 0) is 11.3 Å². The quantitative estimate of drug-likeness (QED) is 0.490. The van der Waals surface area contributed by atoms with E-state index in [1.54, 1.807) is 24.5 Å². The molecule has 4 aromatic rings. The maximum absolute atomic E-state index is 13.0. The van der Waals surface area contributed by atoms with Gasteiger partial charge in [0.1, 0.15) is 17.3 Å². The van der Waals surface area contributed by atoms with E-state index in [-0.39, 0.29) is 11.7 Å². The Hall–Kier alpha value is -3.74. The van der Waals surface area contributed by atoms with Crippen LogP contribution in [0.15, 0.2) is 67.1 Å². The third kappa shape index (κ3) is 4.46. The first kappa shape index (κ1) is 19.6. The van der Waals surface area contributed by atoms with Gasteiger partial charge in [0.15, 0.2) is 5.65 Å². The fourth-order valence-corrected chi connectivity index (χ4v) is 3.26. The van der Waals surface area contributed by atoms with Gasteiger partial charge in [0, 0.05) is 37.5 Å². The summed E-state index contributed by atoms with van der Waals surface area (Å²) in [4.78, 5) is 21.1. The van der Waals surface area contributed by atoms with E-state index in [1.165, 1.54) is 12.1 Å². The molecule has 0 saturated carbocycles. The van der Waals surface area contributed by atoms with Gasteiger partial charge in [-0.15, -0.1) is 0 Å². The number of hydrogen-bond donors (Lipinski definition) is 2. The topological polar surface area (TPSA) is 71.3 Å². The highest BCUT2D eigenvalue weighted by Crippen LogP contribution is 2.29. The Morgan fingerprint density at radius 2 is 2.00 bits per heavy atom. The van der Waals surface area contributed by atoms with E-state index < -0.39 is 0 Å². The Morgan fingerprint density at radius 3 is 2.80 bits per heavy atom. The smallest absolute Gasteiger partial charge is 0.222 e. The number of hydrogen-bond acceptors (Lipinski definition) is 4. The predicted molar refractivity (Wildman–Crippen MR) is 115 cm³/mol. The van der Waals surface area contributed by atoms with Crippen molar-refractivity contribution in [2.24, 2.45) is 0 Å². The fourth-order valence-electron chi connectivity index (χ4n) is 3.26. The van der Waals surface area contributed by atoms with Gasteiger partial charge in [-0.1, -0.05) is 35.9 Å². The van der Waals surface area contributed by atoms with E-state index >= 15 is 0 Å². The molecule has 0 radical (unpaired) electrons. The van der Waals surface area contributed by atoms with Crippen molar-refractivity contribution in [3.05, 3.63) is 84.1 Å². The highest BCUT2D eigenvalue weighted by molar-refractivity contribution is 5.78. The van der Waals surface area contributed by atoms with Crippen molar-refractivity contribution < 1.29 is 9.18 Å². The number of nitrogens with one attached hydrogen (secondary N) is 2. The van der Waals surface area contributed by atoms with Crippen LogP contribution in [0.1, 0.15) is 17.5 Å². The summed E-state index contributed by atoms with van der Waals surface area (Å²) in [5, 5.41) is 6.21. The third-order valence-corrected chi connectivity index (χ3v) is 4.77. The minimum atomic E-state index is -0.290. The summed E-state index contributed by atoms with van der Waals surface area (Å²) in [6, 6.07) is 14.2. The lowest BCUT2D eigenvalue weighted by Crippen LogP contribution is -2.25. The van der Waals surface area contributed by atoms with Crippen LogP contribution in [0, 0.1) is 12.7 Å². The number of halogens is 1. The van der Waals surface area contributed by atoms with Gasteiger partial charge in [0.25, 0.3) is 0 Å². The van der Waals surface area contributed by atoms with Gasteiger partial charge in [-0.3, -0.25) is 14.2 Å². The highest BCUT2D eigenvalue weighted by atomic mass is 19.1. The average molecular weight is 403 g/mol. The number of aryl methyl sites for hydroxylation is 1. The van der Waals surface area contributed by atoms with Crippen molar-refractivity contribution in [2.45, 2.75) is 19.9 Å². The van der Waals surface area contributed by atoms with Crippen LogP contribution in [0.25, 0.3) is 16.9 Å². The van der Waals surface area contributed by atoms with Crippen molar-refractivity contribution in [1.29, 1.82) is 0 Å². The minimum Gasteiger partial charge on any atom is -0.369 e. The SMILES string of the molecule is Cc1cccc(-c2nc3cnccn3c2NCCC(=O)NCc2ccc(F)cc2)c1. The summed E-state index contributed by atoms with van der Waals surface area (Å²) in [6.45, 7) is 2.86. The zero-order valence-corrected chi connectivity index (χ0v) is 16.6. The van der Waals surface area contributed by atoms with Gasteiger partial charge in [0.05, 0.1) is 6.20 Å². The molecule has 0 atom stereocenters. The van der Waals surface area contributed by atoms with E-state index in [2.05, 4.69) is 21.7 Å². The molecule has 0 aliphatic heterocycles. The molecular weight excluding hydrogens is 381 g/mol. The summed E-state index contributed by atoms with van der Waals surface area (Å²) in [5.41, 5.74) is 4.56. The molecule has 6 nitrogen and oxygen atoms in total. The van der Waals surface area contributed by atoms with Crippen molar-refractivity contribution >= 4 is 17.4 Å². The summed E-state index contributed by atoms with van der Waals surface area (Å²) < 4.78 is 14.9. The number of benzene rings is 2. The van der Waals surface area contributed by atoms with Gasteiger partial charge < -0.3 is 10.6 Å². The summed E-state index contributed by atoms with van der Waals surface area (Å²) >= 11 is 0. The van der Waals surface area contributed by atoms with Gasteiger partial charge >= 0.3 is 0 Å². The van der Waals surface area contributed by atoms with E-state index in [9.17, 15) is 9.18 Å². The van der Waals surface area contributed by atoms with Crippen LogP contribution in [0.3, 0.4) is 0 Å². The zero-order chi connectivity index (χ0) is 20.9. The van der Waals surface area contributed by atoms with Crippen LogP contribution in [0.2, 0.25) is 0 Å². The Labute approximate surface area is 173 Å². The summed E-state index contributed by atoms with van der Waals surface area (Å²) in [7, 11) is 0. The number of aromatic nitrogens is 3. The van der Waals surface area contributed by atoms with E-state index in [0.717, 1.165) is 33.8 Å². The highest BCUT2D eigenvalue weighted by Gasteiger charge is 2.14. The number of carbonyl (C=O) groups excluding carboxylic acids is 1. The lowest BCUT2D eigenvalue weighted by molar-refractivity contribution is -0.121. The van der Waals surface area contributed by atoms with Crippen LogP contribution >= 0.6 is 0 Å². The Kier molecular flexibility index (Phi) is 5.70. The van der Waals surface area contributed by atoms with Crippen LogP contribution in [-0.4, -0.2) is 26.8 Å². The lowest BCUT2D eigenvalue weighted by atomic mass is 10.1. The van der Waals surface area contributed by atoms with Crippen molar-refractivity contribution in [3.8, 4) is 11.3 Å². The van der Waals surface area contributed by atoms with E-state index in [1.807, 2.05) is 35.7 Å². The third-order valence-electron chi connectivity index (χ3n) is 4.77. The molecule has 0 fully saturated rings. The molecule has 0 unspecified atom stereocenters. The summed E-state index contributed by atoms with van der Waals surface area (Å²) in [5.74, 6) is 0.450. The number of nitrogens with zero attached hydrogens (tertiary/aromatic N) is 3. The number of amides is 1. The Bertz CT molecular complexity index is 1170. The lowest BCUT2D eigenvalue weighted by Gasteiger charge is -2.10. The Morgan fingerprint density at radius 1 is 1.17 bits per heavy atom. The maximum Gasteiger partial charge on any atom is 0.222 e. The molecule has 4 rings (SSSR count). The van der Waals surface area contributed by atoms with Crippen LogP contribution in [0.5, 0.6) is 0 Å². The van der Waals surface area contributed by atoms with Gasteiger partial charge in [-0.25, -0.2) is 9.37 Å². The van der Waals surface area contributed by atoms with Gasteiger partial charge in [0.2, 0.25) is 5.91 Å². The molecule has 0 saturated heterocycles. The molecule has 152 valence electrons. The van der Waals surface area contributed by atoms with E-state index in [4.69, 9.17) is 4.98 Å². The van der Waals surface area contributed by atoms with Crippen molar-refractivity contribution in [3.63, 3.8) is 0 Å². The normalized spacial score (nSPS) is 10.9. The molecule has 2 aromatic carbocycles. The van der Waals surface area contributed by atoms with Gasteiger partial charge in [-0.05, 0) is 30.7 Å². The number of carbonyl (C=O) groups is 1. The largest absolute Gasteiger partial charge is 0.369 e. The molecule has 0 aliphatic carbocycles. The first-order valence-corrected chi connectivity index (χ1v) is 9.74. The molecule has 0 aliphatic rings. The van der Waals surface area contributed by atoms with Crippen molar-refractivity contribution in [2.75, 3.05) is 11.9 Å². The molecule has 2 N–H and O–H groups in total. The van der Waals surface area contributed by atoms with Crippen LogP contribution in [0.4, 0.5) is 10.2 Å². The molecule has 7 heteroatoms. The number of anilines is 1. The molecule has 2 aromatic heterocycles. The molecular formula is C23H22FN5O. The zero-order valence-electron chi connectivity index (χ0n) is 16.6. The molecule has 2 heterocycles. The standard InChI is InChI=1S/C23H22FN5O/c1-16-3-2-4-18(13-16)22-23(29-12-11-25-15-20(29)28-22)26-10-9-21(30)27-14-17-5-7-19(24)8-6-17/h2-8,11-13,15,26H,9-10,14H2,1H3,(H,27,30). The van der Waals surface area contributed by atoms with Crippen molar-refractivity contribution in [1.82, 2.24) is 19.7 Å². The molecule has 1 amide bonds. The Balaban J connectivity index is 1.44. The number of fused-ring (bicyclic) bond motifs is 1. The molecule has 0 spiro atoms. The fraction of sp³-hybridized carbons (Fsp3) is 0.174. The second-order valence-electron chi connectivity index (χ2n) is 7.06. The first-order chi connectivity index (χ1) is 14.6. The predicted octanol–water partition coefficient (Wildman–Crippen LogP) is 3.96. The van der Waals surface area contributed by atoms with E-state index in [0.29, 0.717) is 19.5 Å². The first-order valence-electron chi connectivity index (χ1n) is 9.74. The number of rotatable bonds is 7. The second kappa shape index (κ2) is 8.73. The monoisotopic (exact) mass is 403 g/mol. The molecule has 0 bridgehead atoms. The average Bonchev–Trinajstić information content (AvgIpc) is 3.12. The maximum atomic E-state index is 13.0.